The van der Waals surface area contributed by atoms with Gasteiger partial charge in [-0.2, -0.15) is 0 Å². The van der Waals surface area contributed by atoms with Gasteiger partial charge in [-0.1, -0.05) is 0 Å². The SMILES string of the molecule is COC(=O)[C@@H](NC(=O)OC(C)(C)C)C1CC(F)(F)CN1C(=O)O. The van der Waals surface area contributed by atoms with Crippen molar-refractivity contribution < 1.29 is 37.7 Å². The van der Waals surface area contributed by atoms with Crippen molar-refractivity contribution in [2.24, 2.45) is 0 Å². The summed E-state index contributed by atoms with van der Waals surface area (Å²) in [5.74, 6) is -4.34. The molecule has 0 radical (unpaired) electrons. The van der Waals surface area contributed by atoms with Crippen LogP contribution in [0.15, 0.2) is 0 Å². The fourth-order valence-electron chi connectivity index (χ4n) is 2.23. The summed E-state index contributed by atoms with van der Waals surface area (Å²) in [4.78, 5) is 35.2. The number of nitrogens with one attached hydrogen (secondary N) is 1. The minimum atomic E-state index is -3.30. The Hall–Kier alpha value is -2.13. The molecule has 0 aliphatic carbocycles. The number of nitrogens with zero attached hydrogens (tertiary/aromatic N) is 1. The summed E-state index contributed by atoms with van der Waals surface area (Å²) in [5, 5.41) is 11.2. The summed E-state index contributed by atoms with van der Waals surface area (Å²) in [7, 11) is 1.00. The van der Waals surface area contributed by atoms with E-state index in [2.05, 4.69) is 10.1 Å². The van der Waals surface area contributed by atoms with Crippen molar-refractivity contribution in [3.05, 3.63) is 0 Å². The fourth-order valence-corrected chi connectivity index (χ4v) is 2.23. The predicted molar refractivity (Wildman–Crippen MR) is 73.3 cm³/mol. The Labute approximate surface area is 131 Å². The summed E-state index contributed by atoms with van der Waals surface area (Å²) in [5.41, 5.74) is -0.878. The molecule has 1 rings (SSSR count). The van der Waals surface area contributed by atoms with E-state index in [0.29, 0.717) is 4.90 Å². The van der Waals surface area contributed by atoms with Gasteiger partial charge in [0.1, 0.15) is 5.60 Å². The molecule has 8 nitrogen and oxygen atoms in total. The molecule has 2 amide bonds. The molecule has 0 spiro atoms. The van der Waals surface area contributed by atoms with Gasteiger partial charge in [0.25, 0.3) is 5.92 Å². The van der Waals surface area contributed by atoms with Crippen molar-refractivity contribution in [3.8, 4) is 0 Å². The van der Waals surface area contributed by atoms with Crippen LogP contribution in [0.2, 0.25) is 0 Å². The van der Waals surface area contributed by atoms with E-state index < -0.39 is 54.7 Å². The first-order chi connectivity index (χ1) is 10.4. The number of halogens is 2. The van der Waals surface area contributed by atoms with Gasteiger partial charge in [-0.05, 0) is 20.8 Å². The number of ether oxygens (including phenoxy) is 2. The van der Waals surface area contributed by atoms with E-state index >= 15 is 0 Å². The number of amides is 2. The Balaban J connectivity index is 2.99. The second-order valence-electron chi connectivity index (χ2n) is 6.18. The van der Waals surface area contributed by atoms with Crippen LogP contribution in [0, 0.1) is 0 Å². The number of hydrogen-bond donors (Lipinski definition) is 2. The van der Waals surface area contributed by atoms with Crippen LogP contribution in [0.4, 0.5) is 18.4 Å². The van der Waals surface area contributed by atoms with Crippen molar-refractivity contribution in [1.82, 2.24) is 10.2 Å². The summed E-state index contributed by atoms with van der Waals surface area (Å²) in [6.45, 7) is 3.67. The molecule has 132 valence electrons. The summed E-state index contributed by atoms with van der Waals surface area (Å²) >= 11 is 0. The highest BCUT2D eigenvalue weighted by molar-refractivity contribution is 5.83. The average molecular weight is 338 g/mol. The lowest BCUT2D eigenvalue weighted by atomic mass is 10.0. The predicted octanol–water partition coefficient (Wildman–Crippen LogP) is 1.44. The highest BCUT2D eigenvalue weighted by Gasteiger charge is 2.52. The second-order valence-corrected chi connectivity index (χ2v) is 6.18. The molecule has 2 N–H and O–H groups in total. The first kappa shape index (κ1) is 18.9. The molecule has 1 aliphatic rings. The molecule has 0 aromatic rings. The van der Waals surface area contributed by atoms with E-state index in [0.717, 1.165) is 7.11 Å². The molecule has 0 bridgehead atoms. The van der Waals surface area contributed by atoms with Crippen LogP contribution in [0.1, 0.15) is 27.2 Å². The maximum atomic E-state index is 13.5. The number of alkyl halides is 2. The minimum Gasteiger partial charge on any atom is -0.467 e. The third-order valence-corrected chi connectivity index (χ3v) is 3.07. The fraction of sp³-hybridized carbons (Fsp3) is 0.769. The molecule has 0 aromatic carbocycles. The number of carbonyl (C=O) groups is 3. The molecule has 0 saturated carbocycles. The Morgan fingerprint density at radius 3 is 2.35 bits per heavy atom. The van der Waals surface area contributed by atoms with E-state index in [4.69, 9.17) is 9.84 Å². The number of methoxy groups -OCH3 is 1. The van der Waals surface area contributed by atoms with Gasteiger partial charge < -0.3 is 19.9 Å². The average Bonchev–Trinajstić information content (AvgIpc) is 2.69. The minimum absolute atomic E-state index is 0.416. The molecule has 2 atom stereocenters. The van der Waals surface area contributed by atoms with E-state index in [-0.39, 0.29) is 0 Å². The van der Waals surface area contributed by atoms with Crippen LogP contribution in [-0.2, 0) is 14.3 Å². The van der Waals surface area contributed by atoms with Crippen molar-refractivity contribution in [1.29, 1.82) is 0 Å². The largest absolute Gasteiger partial charge is 0.467 e. The van der Waals surface area contributed by atoms with Gasteiger partial charge in [-0.3, -0.25) is 4.90 Å². The third-order valence-electron chi connectivity index (χ3n) is 3.07. The molecular formula is C13H20F2N2O6. The summed E-state index contributed by atoms with van der Waals surface area (Å²) in [6.07, 6.45) is -3.56. The van der Waals surface area contributed by atoms with Gasteiger partial charge in [0.05, 0.1) is 19.7 Å². The topological polar surface area (TPSA) is 105 Å². The van der Waals surface area contributed by atoms with Crippen LogP contribution in [-0.4, -0.2) is 65.4 Å². The number of rotatable bonds is 3. The van der Waals surface area contributed by atoms with Crippen LogP contribution in [0.25, 0.3) is 0 Å². The molecule has 0 aromatic heterocycles. The lowest BCUT2D eigenvalue weighted by Gasteiger charge is -2.29. The molecule has 1 fully saturated rings. The Morgan fingerprint density at radius 2 is 1.91 bits per heavy atom. The molecule has 1 heterocycles. The summed E-state index contributed by atoms with van der Waals surface area (Å²) in [6, 6.07) is -3.05. The van der Waals surface area contributed by atoms with Crippen LogP contribution in [0.3, 0.4) is 0 Å². The lowest BCUT2D eigenvalue weighted by molar-refractivity contribution is -0.144. The van der Waals surface area contributed by atoms with E-state index in [1.165, 1.54) is 0 Å². The molecular weight excluding hydrogens is 318 g/mol. The first-order valence-electron chi connectivity index (χ1n) is 6.81. The third kappa shape index (κ3) is 5.22. The van der Waals surface area contributed by atoms with E-state index in [9.17, 15) is 23.2 Å². The Bertz CT molecular complexity index is 491. The van der Waals surface area contributed by atoms with Crippen molar-refractivity contribution in [3.63, 3.8) is 0 Å². The monoisotopic (exact) mass is 338 g/mol. The summed E-state index contributed by atoms with van der Waals surface area (Å²) < 4.78 is 36.5. The number of likely N-dealkylation sites (tertiary alicyclic amines) is 1. The normalized spacial score (nSPS) is 21.5. The zero-order valence-corrected chi connectivity index (χ0v) is 13.3. The quantitative estimate of drug-likeness (QED) is 0.755. The maximum Gasteiger partial charge on any atom is 0.408 e. The molecule has 1 aliphatic heterocycles. The highest BCUT2D eigenvalue weighted by atomic mass is 19.3. The smallest absolute Gasteiger partial charge is 0.408 e. The number of alkyl carbamates (subject to hydrolysis) is 1. The first-order valence-corrected chi connectivity index (χ1v) is 6.81. The van der Waals surface area contributed by atoms with Gasteiger partial charge >= 0.3 is 18.2 Å². The molecule has 23 heavy (non-hydrogen) atoms. The lowest BCUT2D eigenvalue weighted by Crippen LogP contribution is -2.55. The zero-order valence-electron chi connectivity index (χ0n) is 13.3. The zero-order chi connectivity index (χ0) is 18.0. The van der Waals surface area contributed by atoms with Gasteiger partial charge in [0.15, 0.2) is 6.04 Å². The van der Waals surface area contributed by atoms with Gasteiger partial charge in [-0.25, -0.2) is 23.2 Å². The van der Waals surface area contributed by atoms with Crippen molar-refractivity contribution in [2.75, 3.05) is 13.7 Å². The van der Waals surface area contributed by atoms with Crippen molar-refractivity contribution in [2.45, 2.75) is 50.8 Å². The number of hydrogen-bond acceptors (Lipinski definition) is 5. The number of carboxylic acid groups (broad SMARTS) is 1. The van der Waals surface area contributed by atoms with Gasteiger partial charge in [0, 0.05) is 6.42 Å². The van der Waals surface area contributed by atoms with E-state index in [1.54, 1.807) is 20.8 Å². The molecule has 1 saturated heterocycles. The van der Waals surface area contributed by atoms with Crippen molar-refractivity contribution >= 4 is 18.2 Å². The number of carbonyl (C=O) groups excluding carboxylic acids is 2. The Kier molecular flexibility index (Phi) is 5.39. The van der Waals surface area contributed by atoms with Crippen LogP contribution < -0.4 is 5.32 Å². The standard InChI is InChI=1S/C13H20F2N2O6/c1-12(2,3)23-10(19)16-8(9(18)22-4)7-5-13(14,15)6-17(7)11(20)21/h7-8H,5-6H2,1-4H3,(H,16,19)(H,20,21)/t7?,8-/m0/s1. The molecule has 1 unspecified atom stereocenters. The van der Waals surface area contributed by atoms with Gasteiger partial charge in [0.2, 0.25) is 0 Å². The van der Waals surface area contributed by atoms with Gasteiger partial charge in [-0.15, -0.1) is 0 Å². The molecule has 10 heteroatoms. The second kappa shape index (κ2) is 6.55. The Morgan fingerprint density at radius 1 is 1.35 bits per heavy atom. The van der Waals surface area contributed by atoms with Crippen LogP contribution >= 0.6 is 0 Å². The highest BCUT2D eigenvalue weighted by Crippen LogP contribution is 2.34. The number of esters is 1. The maximum absolute atomic E-state index is 13.5. The van der Waals surface area contributed by atoms with Crippen LogP contribution in [0.5, 0.6) is 0 Å². The van der Waals surface area contributed by atoms with E-state index in [1.807, 2.05) is 0 Å².